The van der Waals surface area contributed by atoms with Crippen LogP contribution in [0.5, 0.6) is 23.0 Å². The lowest BCUT2D eigenvalue weighted by molar-refractivity contribution is 0.0975. The molecule has 4 aliphatic heterocycles. The maximum Gasteiger partial charge on any atom is 0.260 e. The predicted molar refractivity (Wildman–Crippen MR) is 214 cm³/mol. The number of carbonyl (C=O) groups is 2. The van der Waals surface area contributed by atoms with Crippen molar-refractivity contribution >= 4 is 40.3 Å². The molecule has 0 aromatic heterocycles. The van der Waals surface area contributed by atoms with Gasteiger partial charge in [-0.3, -0.25) is 9.59 Å². The Morgan fingerprint density at radius 3 is 1.45 bits per heavy atom. The molecule has 280 valence electrons. The lowest BCUT2D eigenvalue weighted by Gasteiger charge is -2.25. The molecule has 4 heterocycles. The van der Waals surface area contributed by atoms with E-state index < -0.39 is 0 Å². The Hall–Kier alpha value is -6.36. The van der Waals surface area contributed by atoms with E-state index in [0.717, 1.165) is 46.7 Å². The van der Waals surface area contributed by atoms with Gasteiger partial charge in [0, 0.05) is 56.4 Å². The number of nitrogens with zero attached hydrogens (tertiary/aromatic N) is 4. The first-order valence-corrected chi connectivity index (χ1v) is 18.5. The Kier molecular flexibility index (Phi) is 8.44. The van der Waals surface area contributed by atoms with Crippen molar-refractivity contribution in [3.8, 4) is 23.0 Å². The monoisotopic (exact) mass is 737 g/mol. The third-order valence-corrected chi connectivity index (χ3v) is 11.3. The molecule has 4 aliphatic rings. The molecule has 2 N–H and O–H groups in total. The zero-order valence-electron chi connectivity index (χ0n) is 31.4. The fraction of sp³-hybridized carbons (Fsp3) is 0.273. The first-order chi connectivity index (χ1) is 26.7. The van der Waals surface area contributed by atoms with E-state index in [-0.39, 0.29) is 37.1 Å². The van der Waals surface area contributed by atoms with E-state index in [1.165, 1.54) is 11.1 Å². The number of carbonyl (C=O) groups excluding carboxylic acids is 2. The molecule has 2 atom stereocenters. The van der Waals surface area contributed by atoms with Crippen LogP contribution in [0.25, 0.3) is 0 Å². The van der Waals surface area contributed by atoms with Crippen molar-refractivity contribution in [2.24, 2.45) is 0 Å². The van der Waals surface area contributed by atoms with Gasteiger partial charge >= 0.3 is 0 Å². The first-order valence-electron chi connectivity index (χ1n) is 18.5. The van der Waals surface area contributed by atoms with E-state index in [1.54, 1.807) is 26.4 Å². The largest absolute Gasteiger partial charge is 0.493 e. The van der Waals surface area contributed by atoms with Crippen LogP contribution in [-0.4, -0.2) is 65.3 Å². The van der Waals surface area contributed by atoms with Crippen LogP contribution in [0.3, 0.4) is 0 Å². The van der Waals surface area contributed by atoms with Crippen LogP contribution in [-0.2, 0) is 26.1 Å². The van der Waals surface area contributed by atoms with Crippen molar-refractivity contribution < 1.29 is 28.5 Å². The molecule has 11 nitrogen and oxygen atoms in total. The number of nitrogen functional groups attached to an aromatic ring is 1. The van der Waals surface area contributed by atoms with E-state index in [4.69, 9.17) is 24.7 Å². The molecule has 0 unspecified atom stereocenters. The van der Waals surface area contributed by atoms with Crippen molar-refractivity contribution in [2.45, 2.75) is 38.1 Å². The van der Waals surface area contributed by atoms with Crippen molar-refractivity contribution in [3.63, 3.8) is 0 Å². The number of methoxy groups -OCH3 is 2. The van der Waals surface area contributed by atoms with Gasteiger partial charge in [-0.15, -0.1) is 0 Å². The zero-order valence-corrected chi connectivity index (χ0v) is 31.4. The number of likely N-dealkylation sites (N-methyl/N-ethyl adjacent to an activating group) is 2. The van der Waals surface area contributed by atoms with E-state index >= 15 is 0 Å². The molecule has 0 aliphatic carbocycles. The molecule has 0 bridgehead atoms. The Morgan fingerprint density at radius 1 is 0.582 bits per heavy atom. The molecule has 5 aromatic carbocycles. The van der Waals surface area contributed by atoms with Gasteiger partial charge in [-0.2, -0.15) is 0 Å². The van der Waals surface area contributed by atoms with Crippen LogP contribution < -0.4 is 44.3 Å². The van der Waals surface area contributed by atoms with Crippen LogP contribution in [0, 0.1) is 0 Å². The van der Waals surface area contributed by atoms with Crippen LogP contribution in [0.4, 0.5) is 28.4 Å². The molecule has 5 aromatic rings. The second-order valence-corrected chi connectivity index (χ2v) is 14.8. The van der Waals surface area contributed by atoms with Gasteiger partial charge in [0.2, 0.25) is 0 Å². The summed E-state index contributed by atoms with van der Waals surface area (Å²) in [5.41, 5.74) is 15.7. The van der Waals surface area contributed by atoms with Gasteiger partial charge in [0.25, 0.3) is 11.8 Å². The summed E-state index contributed by atoms with van der Waals surface area (Å²) in [6.45, 7) is 1.80. The van der Waals surface area contributed by atoms with Crippen LogP contribution in [0.2, 0.25) is 0 Å². The molecule has 0 fully saturated rings. The fourth-order valence-corrected chi connectivity index (χ4v) is 8.75. The number of anilines is 5. The third kappa shape index (κ3) is 5.90. The lowest BCUT2D eigenvalue weighted by atomic mass is 10.1. The SMILES string of the molecule is COc1cc2c(cc1OCc1cc(N)cc(COc3cc4c(cc3OC)C(=O)N3c5ccccc5C[C@H]3CN4C)c1)N(C)C[C@@H]1Cc3ccccc3N1C2=O. The van der Waals surface area contributed by atoms with Crippen LogP contribution in [0.1, 0.15) is 43.0 Å². The maximum atomic E-state index is 14.0. The highest BCUT2D eigenvalue weighted by Crippen LogP contribution is 2.44. The smallest absolute Gasteiger partial charge is 0.260 e. The van der Waals surface area contributed by atoms with E-state index in [9.17, 15) is 9.59 Å². The molecule has 0 saturated carbocycles. The van der Waals surface area contributed by atoms with Crippen LogP contribution in [0.15, 0.2) is 91.0 Å². The van der Waals surface area contributed by atoms with Crippen LogP contribution >= 0.6 is 0 Å². The number of rotatable bonds is 8. The number of ether oxygens (including phenoxy) is 4. The second-order valence-electron chi connectivity index (χ2n) is 14.8. The summed E-state index contributed by atoms with van der Waals surface area (Å²) in [5, 5.41) is 0. The van der Waals surface area contributed by atoms with Crippen molar-refractivity contribution in [1.82, 2.24) is 0 Å². The lowest BCUT2D eigenvalue weighted by Crippen LogP contribution is -2.41. The van der Waals surface area contributed by atoms with Crippen molar-refractivity contribution in [1.29, 1.82) is 0 Å². The summed E-state index contributed by atoms with van der Waals surface area (Å²) in [6, 6.07) is 29.4. The van der Waals surface area contributed by atoms with Crippen molar-refractivity contribution in [2.75, 3.05) is 66.7 Å². The Morgan fingerprint density at radius 2 is 1.02 bits per heavy atom. The fourth-order valence-electron chi connectivity index (χ4n) is 8.75. The minimum atomic E-state index is -0.0462. The van der Waals surface area contributed by atoms with E-state index in [0.29, 0.717) is 52.9 Å². The first kappa shape index (κ1) is 34.4. The van der Waals surface area contributed by atoms with Gasteiger partial charge in [-0.05, 0) is 77.6 Å². The Balaban J connectivity index is 0.935. The number of para-hydroxylation sites is 2. The van der Waals surface area contributed by atoms with E-state index in [1.807, 2.05) is 90.6 Å². The number of hydrogen-bond donors (Lipinski definition) is 1. The number of hydrogen-bond acceptors (Lipinski definition) is 9. The summed E-state index contributed by atoms with van der Waals surface area (Å²) >= 11 is 0. The highest BCUT2D eigenvalue weighted by molar-refractivity contribution is 6.13. The van der Waals surface area contributed by atoms with Gasteiger partial charge in [-0.1, -0.05) is 36.4 Å². The van der Waals surface area contributed by atoms with Crippen molar-refractivity contribution in [3.05, 3.63) is 124 Å². The summed E-state index contributed by atoms with van der Waals surface area (Å²) in [4.78, 5) is 36.1. The number of nitrogens with two attached hydrogens (primary N) is 1. The quantitative estimate of drug-likeness (QED) is 0.179. The molecule has 0 saturated heterocycles. The Bertz CT molecular complexity index is 2200. The molecule has 9 rings (SSSR count). The summed E-state index contributed by atoms with van der Waals surface area (Å²) in [5.74, 6) is 1.91. The Labute approximate surface area is 320 Å². The topological polar surface area (TPSA) is 110 Å². The molecular weight excluding hydrogens is 695 g/mol. The minimum Gasteiger partial charge on any atom is -0.493 e. The van der Waals surface area contributed by atoms with Gasteiger partial charge in [0.15, 0.2) is 23.0 Å². The van der Waals surface area contributed by atoms with Gasteiger partial charge in [0.1, 0.15) is 13.2 Å². The summed E-state index contributed by atoms with van der Waals surface area (Å²) in [7, 11) is 7.18. The molecule has 0 radical (unpaired) electrons. The highest BCUT2D eigenvalue weighted by Gasteiger charge is 2.41. The standard InChI is InChI=1S/C44H43N5O6/c1-46-22-31-16-28-9-5-7-11-35(28)48(31)43(50)33-18-39(52-3)41(20-37(33)46)54-24-26-13-27(15-30(45)14-26)25-55-42-21-38-34(19-40(42)53-4)44(51)49-32(23-47(38)2)17-29-10-6-8-12-36(29)49/h5-15,18-21,31-32H,16-17,22-25,45H2,1-4H3/t31-,32-/m0/s1. The predicted octanol–water partition coefficient (Wildman–Crippen LogP) is 6.49. The minimum absolute atomic E-state index is 0.0376. The normalized spacial score (nSPS) is 18.0. The highest BCUT2D eigenvalue weighted by atomic mass is 16.5. The maximum absolute atomic E-state index is 14.0. The molecule has 55 heavy (non-hydrogen) atoms. The molecule has 2 amide bonds. The number of amides is 2. The van der Waals surface area contributed by atoms with Gasteiger partial charge < -0.3 is 44.3 Å². The molecule has 0 spiro atoms. The second kappa shape index (κ2) is 13.5. The van der Waals surface area contributed by atoms with Gasteiger partial charge in [-0.25, -0.2) is 0 Å². The van der Waals surface area contributed by atoms with E-state index in [2.05, 4.69) is 21.9 Å². The zero-order chi connectivity index (χ0) is 38.0. The summed E-state index contributed by atoms with van der Waals surface area (Å²) in [6.07, 6.45) is 1.62. The number of fused-ring (bicyclic) bond motifs is 8. The molecular formula is C44H43N5O6. The third-order valence-electron chi connectivity index (χ3n) is 11.3. The van der Waals surface area contributed by atoms with Gasteiger partial charge in [0.05, 0.1) is 48.8 Å². The number of benzene rings is 5. The summed E-state index contributed by atoms with van der Waals surface area (Å²) < 4.78 is 24.3. The average molecular weight is 738 g/mol. The molecule has 11 heteroatoms. The average Bonchev–Trinajstić information content (AvgIpc) is 3.69.